The predicted octanol–water partition coefficient (Wildman–Crippen LogP) is 1.14. The van der Waals surface area contributed by atoms with E-state index in [2.05, 4.69) is 10.8 Å². The van der Waals surface area contributed by atoms with E-state index in [-0.39, 0.29) is 10.6 Å². The predicted molar refractivity (Wildman–Crippen MR) is 88.3 cm³/mol. The summed E-state index contributed by atoms with van der Waals surface area (Å²) in [7, 11) is -3.66. The molecule has 0 atom stereocenters. The summed E-state index contributed by atoms with van der Waals surface area (Å²) >= 11 is 0. The average Bonchev–Trinajstić information content (AvgIpc) is 2.52. The van der Waals surface area contributed by atoms with Crippen LogP contribution in [0.4, 0.5) is 11.4 Å². The Balaban J connectivity index is 2.19. The highest BCUT2D eigenvalue weighted by atomic mass is 32.2. The molecule has 1 aromatic rings. The first-order chi connectivity index (χ1) is 10.8. The number of terminal acetylenes is 1. The van der Waals surface area contributed by atoms with Crippen LogP contribution in [0.3, 0.4) is 0 Å². The van der Waals surface area contributed by atoms with E-state index in [4.69, 9.17) is 6.42 Å². The second kappa shape index (κ2) is 6.98. The van der Waals surface area contributed by atoms with Gasteiger partial charge in [0.2, 0.25) is 0 Å². The fourth-order valence-electron chi connectivity index (χ4n) is 2.60. The van der Waals surface area contributed by atoms with Gasteiger partial charge in [0.25, 0.3) is 5.69 Å². The number of hydrogen-bond donors (Lipinski definition) is 0. The van der Waals surface area contributed by atoms with Crippen LogP contribution in [-0.2, 0) is 9.84 Å². The molecular weight excluding hydrogens is 318 g/mol. The molecule has 2 rings (SSSR count). The van der Waals surface area contributed by atoms with Gasteiger partial charge in [-0.05, 0) is 12.1 Å². The maximum absolute atomic E-state index is 11.8. The molecule has 7 nitrogen and oxygen atoms in total. The molecule has 1 aliphatic rings. The van der Waals surface area contributed by atoms with Crippen LogP contribution in [0.15, 0.2) is 23.1 Å². The lowest BCUT2D eigenvalue weighted by molar-refractivity contribution is -0.387. The number of sulfone groups is 1. The van der Waals surface area contributed by atoms with Crippen molar-refractivity contribution in [3.63, 3.8) is 0 Å². The van der Waals surface area contributed by atoms with Crippen molar-refractivity contribution in [3.05, 3.63) is 28.3 Å². The highest BCUT2D eigenvalue weighted by Crippen LogP contribution is 2.29. The lowest BCUT2D eigenvalue weighted by atomic mass is 10.2. The number of hydrogen-bond acceptors (Lipinski definition) is 6. The van der Waals surface area contributed by atoms with Crippen molar-refractivity contribution in [2.45, 2.75) is 11.3 Å². The maximum Gasteiger partial charge on any atom is 0.288 e. The monoisotopic (exact) mass is 337 g/mol. The van der Waals surface area contributed by atoms with Crippen molar-refractivity contribution < 1.29 is 13.3 Å². The Labute approximate surface area is 136 Å². The summed E-state index contributed by atoms with van der Waals surface area (Å²) in [6.45, 7) is 3.95. The molecule has 1 heterocycles. The van der Waals surface area contributed by atoms with Crippen LogP contribution in [-0.4, -0.2) is 57.2 Å². The van der Waals surface area contributed by atoms with Crippen LogP contribution < -0.4 is 4.90 Å². The Kier molecular flexibility index (Phi) is 5.23. The second-order valence-electron chi connectivity index (χ2n) is 5.46. The lowest BCUT2D eigenvalue weighted by Crippen LogP contribution is -2.46. The van der Waals surface area contributed by atoms with Crippen LogP contribution >= 0.6 is 0 Å². The standard InChI is InChI=1S/C15H19N3O4S/c1-3-4-7-16-8-10-17(11-9-16)13-5-6-14(18(19)20)15(12-13)23(2,21)22/h1,5-6,12H,4,7-11H2,2H3. The molecule has 0 unspecified atom stereocenters. The highest BCUT2D eigenvalue weighted by Gasteiger charge is 2.25. The molecule has 124 valence electrons. The Morgan fingerprint density at radius 2 is 1.96 bits per heavy atom. The number of rotatable bonds is 5. The van der Waals surface area contributed by atoms with Gasteiger partial charge in [-0.25, -0.2) is 8.42 Å². The minimum atomic E-state index is -3.66. The van der Waals surface area contributed by atoms with Gasteiger partial charge in [-0.1, -0.05) is 0 Å². The molecule has 8 heteroatoms. The van der Waals surface area contributed by atoms with Gasteiger partial charge >= 0.3 is 0 Å². The van der Waals surface area contributed by atoms with E-state index in [9.17, 15) is 18.5 Å². The van der Waals surface area contributed by atoms with Gasteiger partial charge in [-0.15, -0.1) is 12.3 Å². The van der Waals surface area contributed by atoms with Crippen molar-refractivity contribution in [3.8, 4) is 12.3 Å². The zero-order chi connectivity index (χ0) is 17.0. The first kappa shape index (κ1) is 17.2. The van der Waals surface area contributed by atoms with E-state index in [1.54, 1.807) is 6.07 Å². The Morgan fingerprint density at radius 1 is 1.30 bits per heavy atom. The zero-order valence-electron chi connectivity index (χ0n) is 12.9. The first-order valence-corrected chi connectivity index (χ1v) is 9.11. The Morgan fingerprint density at radius 3 is 2.48 bits per heavy atom. The molecule has 1 aromatic carbocycles. The van der Waals surface area contributed by atoms with Crippen LogP contribution in [0.25, 0.3) is 0 Å². The van der Waals surface area contributed by atoms with E-state index in [1.165, 1.54) is 12.1 Å². The molecule has 1 aliphatic heterocycles. The fraction of sp³-hybridized carbons (Fsp3) is 0.467. The Bertz CT molecular complexity index is 732. The number of piperazine rings is 1. The van der Waals surface area contributed by atoms with Gasteiger partial charge in [0, 0.05) is 57.2 Å². The minimum absolute atomic E-state index is 0.241. The van der Waals surface area contributed by atoms with Crippen molar-refractivity contribution >= 4 is 21.2 Å². The summed E-state index contributed by atoms with van der Waals surface area (Å²) in [5.41, 5.74) is 0.302. The van der Waals surface area contributed by atoms with Gasteiger partial charge in [-0.3, -0.25) is 15.0 Å². The molecule has 0 amide bonds. The third-order valence-electron chi connectivity index (χ3n) is 3.85. The van der Waals surface area contributed by atoms with E-state index >= 15 is 0 Å². The van der Waals surface area contributed by atoms with Gasteiger partial charge in [0.1, 0.15) is 4.90 Å². The van der Waals surface area contributed by atoms with Crippen molar-refractivity contribution in [1.82, 2.24) is 4.90 Å². The van der Waals surface area contributed by atoms with Crippen molar-refractivity contribution in [1.29, 1.82) is 0 Å². The number of nitro benzene ring substituents is 1. The normalized spacial score (nSPS) is 16.1. The number of anilines is 1. The molecule has 0 aromatic heterocycles. The molecule has 0 spiro atoms. The van der Waals surface area contributed by atoms with Crippen LogP contribution in [0.2, 0.25) is 0 Å². The molecule has 0 bridgehead atoms. The van der Waals surface area contributed by atoms with Crippen molar-refractivity contribution in [2.75, 3.05) is 43.9 Å². The molecule has 0 radical (unpaired) electrons. The van der Waals surface area contributed by atoms with E-state index in [0.717, 1.165) is 39.0 Å². The summed E-state index contributed by atoms with van der Waals surface area (Å²) in [4.78, 5) is 14.4. The molecular formula is C15H19N3O4S. The second-order valence-corrected chi connectivity index (χ2v) is 7.45. The van der Waals surface area contributed by atoms with Gasteiger partial charge in [0.05, 0.1) is 4.92 Å². The molecule has 0 saturated carbocycles. The van der Waals surface area contributed by atoms with E-state index in [1.807, 2.05) is 4.90 Å². The van der Waals surface area contributed by atoms with E-state index in [0.29, 0.717) is 12.1 Å². The first-order valence-electron chi connectivity index (χ1n) is 7.22. The summed E-state index contributed by atoms with van der Waals surface area (Å²) in [5, 5.41) is 11.0. The van der Waals surface area contributed by atoms with E-state index < -0.39 is 14.8 Å². The molecule has 1 saturated heterocycles. The van der Waals surface area contributed by atoms with Gasteiger partial charge < -0.3 is 4.90 Å². The summed E-state index contributed by atoms with van der Waals surface area (Å²) in [5.74, 6) is 2.61. The highest BCUT2D eigenvalue weighted by molar-refractivity contribution is 7.90. The topological polar surface area (TPSA) is 83.8 Å². The van der Waals surface area contributed by atoms with Crippen molar-refractivity contribution in [2.24, 2.45) is 0 Å². The third-order valence-corrected chi connectivity index (χ3v) is 4.98. The lowest BCUT2D eigenvalue weighted by Gasteiger charge is -2.35. The van der Waals surface area contributed by atoms with Gasteiger partial charge in [0.15, 0.2) is 9.84 Å². The SMILES string of the molecule is C#CCCN1CCN(c2ccc([N+](=O)[O-])c(S(C)(=O)=O)c2)CC1. The summed E-state index contributed by atoms with van der Waals surface area (Å²) in [6, 6.07) is 4.25. The number of nitro groups is 1. The fourth-order valence-corrected chi connectivity index (χ4v) is 3.46. The third kappa shape index (κ3) is 4.21. The Hall–Kier alpha value is -2.11. The average molecular weight is 337 g/mol. The number of nitrogens with zero attached hydrogens (tertiary/aromatic N) is 3. The smallest absolute Gasteiger partial charge is 0.288 e. The molecule has 1 fully saturated rings. The molecule has 0 aliphatic carbocycles. The van der Waals surface area contributed by atoms with Crippen LogP contribution in [0.1, 0.15) is 6.42 Å². The van der Waals surface area contributed by atoms with Gasteiger partial charge in [-0.2, -0.15) is 0 Å². The maximum atomic E-state index is 11.8. The summed E-state index contributed by atoms with van der Waals surface area (Å²) < 4.78 is 23.6. The van der Waals surface area contributed by atoms with Crippen LogP contribution in [0, 0.1) is 22.5 Å². The molecule has 0 N–H and O–H groups in total. The minimum Gasteiger partial charge on any atom is -0.369 e. The zero-order valence-corrected chi connectivity index (χ0v) is 13.8. The van der Waals surface area contributed by atoms with Crippen LogP contribution in [0.5, 0.6) is 0 Å². The molecule has 23 heavy (non-hydrogen) atoms. The summed E-state index contributed by atoms with van der Waals surface area (Å²) in [6.07, 6.45) is 6.95. The number of benzene rings is 1. The quantitative estimate of drug-likeness (QED) is 0.455. The largest absolute Gasteiger partial charge is 0.369 e.